The Morgan fingerprint density at radius 1 is 1.14 bits per heavy atom. The Labute approximate surface area is 125 Å². The van der Waals surface area contributed by atoms with Crippen molar-refractivity contribution < 1.29 is 9.90 Å². The van der Waals surface area contributed by atoms with Crippen molar-refractivity contribution in [2.24, 2.45) is 0 Å². The third-order valence-electron chi connectivity index (χ3n) is 3.05. The van der Waals surface area contributed by atoms with Gasteiger partial charge in [-0.3, -0.25) is 4.79 Å². The molecule has 0 aromatic heterocycles. The van der Waals surface area contributed by atoms with Gasteiger partial charge in [0.1, 0.15) is 5.75 Å². The topological polar surface area (TPSA) is 52.6 Å². The van der Waals surface area contributed by atoms with Crippen LogP contribution in [-0.2, 0) is 17.8 Å². The molecule has 0 aliphatic carbocycles. The van der Waals surface area contributed by atoms with Crippen LogP contribution in [0, 0.1) is 0 Å². The number of amides is 1. The van der Waals surface area contributed by atoms with Gasteiger partial charge in [0.15, 0.2) is 0 Å². The van der Waals surface area contributed by atoms with Gasteiger partial charge in [-0.15, -0.1) is 0 Å². The van der Waals surface area contributed by atoms with Crippen molar-refractivity contribution in [1.29, 1.82) is 0 Å². The van der Waals surface area contributed by atoms with Crippen LogP contribution < -0.4 is 5.32 Å². The molecule has 4 heteroatoms. The minimum atomic E-state index is -0.0670. The van der Waals surface area contributed by atoms with Gasteiger partial charge in [-0.2, -0.15) is 0 Å². The Kier molecular flexibility index (Phi) is 4.95. The molecule has 110 valence electrons. The highest BCUT2D eigenvalue weighted by Gasteiger charge is 2.08. The SMILES string of the molecule is CN(C)Cc1cc(CC(=O)Nc2ccccc2)ccc1O. The molecule has 0 aliphatic heterocycles. The lowest BCUT2D eigenvalue weighted by Crippen LogP contribution is -2.15. The van der Waals surface area contributed by atoms with Gasteiger partial charge in [0.05, 0.1) is 6.42 Å². The molecule has 0 saturated heterocycles. The smallest absolute Gasteiger partial charge is 0.228 e. The van der Waals surface area contributed by atoms with Crippen LogP contribution in [0.25, 0.3) is 0 Å². The van der Waals surface area contributed by atoms with E-state index in [9.17, 15) is 9.90 Å². The van der Waals surface area contributed by atoms with Gasteiger partial charge in [0.2, 0.25) is 5.91 Å². The van der Waals surface area contributed by atoms with E-state index in [1.807, 2.05) is 55.4 Å². The second-order valence-corrected chi connectivity index (χ2v) is 5.29. The maximum Gasteiger partial charge on any atom is 0.228 e. The van der Waals surface area contributed by atoms with E-state index in [1.54, 1.807) is 12.1 Å². The molecule has 2 aromatic carbocycles. The third-order valence-corrected chi connectivity index (χ3v) is 3.05. The van der Waals surface area contributed by atoms with Crippen molar-refractivity contribution in [3.8, 4) is 5.75 Å². The lowest BCUT2D eigenvalue weighted by molar-refractivity contribution is -0.115. The lowest BCUT2D eigenvalue weighted by Gasteiger charge is -2.12. The minimum absolute atomic E-state index is 0.0670. The first kappa shape index (κ1) is 15.1. The van der Waals surface area contributed by atoms with Crippen LogP contribution in [0.4, 0.5) is 5.69 Å². The Morgan fingerprint density at radius 2 is 1.86 bits per heavy atom. The quantitative estimate of drug-likeness (QED) is 0.887. The second kappa shape index (κ2) is 6.90. The normalized spacial score (nSPS) is 10.6. The third kappa shape index (κ3) is 4.61. The second-order valence-electron chi connectivity index (χ2n) is 5.29. The van der Waals surface area contributed by atoms with E-state index in [4.69, 9.17) is 0 Å². The zero-order valence-electron chi connectivity index (χ0n) is 12.3. The molecule has 0 unspecified atom stereocenters. The van der Waals surface area contributed by atoms with E-state index in [0.717, 1.165) is 16.8 Å². The number of phenols is 1. The zero-order chi connectivity index (χ0) is 15.2. The summed E-state index contributed by atoms with van der Waals surface area (Å²) in [4.78, 5) is 14.0. The standard InChI is InChI=1S/C17H20N2O2/c1-19(2)12-14-10-13(8-9-16(14)20)11-17(21)18-15-6-4-3-5-7-15/h3-10,20H,11-12H2,1-2H3,(H,18,21). The molecule has 0 atom stereocenters. The van der Waals surface area contributed by atoms with Gasteiger partial charge >= 0.3 is 0 Å². The molecule has 0 spiro atoms. The fourth-order valence-corrected chi connectivity index (χ4v) is 2.13. The molecule has 0 fully saturated rings. The highest BCUT2D eigenvalue weighted by atomic mass is 16.3. The van der Waals surface area contributed by atoms with Crippen molar-refractivity contribution in [3.05, 3.63) is 59.7 Å². The molecule has 0 heterocycles. The first-order valence-corrected chi connectivity index (χ1v) is 6.85. The zero-order valence-corrected chi connectivity index (χ0v) is 12.3. The Morgan fingerprint density at radius 3 is 2.52 bits per heavy atom. The first-order valence-electron chi connectivity index (χ1n) is 6.85. The number of hydrogen-bond donors (Lipinski definition) is 2. The van der Waals surface area contributed by atoms with E-state index in [2.05, 4.69) is 5.32 Å². The highest BCUT2D eigenvalue weighted by molar-refractivity contribution is 5.92. The summed E-state index contributed by atoms with van der Waals surface area (Å²) in [7, 11) is 3.88. The highest BCUT2D eigenvalue weighted by Crippen LogP contribution is 2.20. The molecule has 0 radical (unpaired) electrons. The van der Waals surface area contributed by atoms with Gasteiger partial charge in [0, 0.05) is 17.8 Å². The van der Waals surface area contributed by atoms with Crippen molar-refractivity contribution in [1.82, 2.24) is 4.90 Å². The van der Waals surface area contributed by atoms with Gasteiger partial charge < -0.3 is 15.3 Å². The molecule has 1 amide bonds. The summed E-state index contributed by atoms with van der Waals surface area (Å²) in [5.41, 5.74) is 2.50. The summed E-state index contributed by atoms with van der Waals surface area (Å²) >= 11 is 0. The first-order chi connectivity index (χ1) is 10.0. The van der Waals surface area contributed by atoms with Crippen LogP contribution in [0.2, 0.25) is 0 Å². The molecule has 0 saturated carbocycles. The molecule has 4 nitrogen and oxygen atoms in total. The van der Waals surface area contributed by atoms with E-state index in [0.29, 0.717) is 6.54 Å². The number of nitrogens with one attached hydrogen (secondary N) is 1. The molecular weight excluding hydrogens is 264 g/mol. The largest absolute Gasteiger partial charge is 0.508 e. The number of para-hydroxylation sites is 1. The predicted molar refractivity (Wildman–Crippen MR) is 84.3 cm³/mol. The minimum Gasteiger partial charge on any atom is -0.508 e. The van der Waals surface area contributed by atoms with Crippen LogP contribution in [-0.4, -0.2) is 30.0 Å². The van der Waals surface area contributed by atoms with Crippen LogP contribution in [0.3, 0.4) is 0 Å². The molecule has 2 rings (SSSR count). The van der Waals surface area contributed by atoms with E-state index < -0.39 is 0 Å². The van der Waals surface area contributed by atoms with Crippen molar-refractivity contribution in [2.75, 3.05) is 19.4 Å². The number of aromatic hydroxyl groups is 1. The Bertz CT molecular complexity index is 609. The van der Waals surface area contributed by atoms with E-state index in [1.165, 1.54) is 0 Å². The predicted octanol–water partition coefficient (Wildman–Crippen LogP) is 2.64. The average molecular weight is 284 g/mol. The molecular formula is C17H20N2O2. The van der Waals surface area contributed by atoms with Crippen molar-refractivity contribution >= 4 is 11.6 Å². The summed E-state index contributed by atoms with van der Waals surface area (Å²) in [6.07, 6.45) is 0.287. The number of nitrogens with zero attached hydrogens (tertiary/aromatic N) is 1. The van der Waals surface area contributed by atoms with Gasteiger partial charge in [0.25, 0.3) is 0 Å². The summed E-state index contributed by atoms with van der Waals surface area (Å²) < 4.78 is 0. The van der Waals surface area contributed by atoms with Crippen LogP contribution >= 0.6 is 0 Å². The molecule has 2 N–H and O–H groups in total. The number of anilines is 1. The maximum atomic E-state index is 12.0. The Balaban J connectivity index is 2.04. The Hall–Kier alpha value is -2.33. The fraction of sp³-hybridized carbons (Fsp3) is 0.235. The monoisotopic (exact) mass is 284 g/mol. The van der Waals surface area contributed by atoms with E-state index >= 15 is 0 Å². The van der Waals surface area contributed by atoms with Crippen LogP contribution in [0.15, 0.2) is 48.5 Å². The lowest BCUT2D eigenvalue weighted by atomic mass is 10.1. The molecule has 21 heavy (non-hydrogen) atoms. The molecule has 0 aliphatic rings. The summed E-state index contributed by atoms with van der Waals surface area (Å²) in [6.45, 7) is 0.639. The van der Waals surface area contributed by atoms with Gasteiger partial charge in [-0.05, 0) is 37.9 Å². The number of hydrogen-bond acceptors (Lipinski definition) is 3. The van der Waals surface area contributed by atoms with Gasteiger partial charge in [-0.1, -0.05) is 30.3 Å². The summed E-state index contributed by atoms with van der Waals surface area (Å²) in [5, 5.41) is 12.7. The summed E-state index contributed by atoms with van der Waals surface area (Å²) in [6, 6.07) is 14.7. The molecule has 0 bridgehead atoms. The number of carbonyl (C=O) groups excluding carboxylic acids is 1. The fourth-order valence-electron chi connectivity index (χ4n) is 2.13. The number of phenolic OH excluding ortho intramolecular Hbond substituents is 1. The average Bonchev–Trinajstić information content (AvgIpc) is 2.43. The van der Waals surface area contributed by atoms with Gasteiger partial charge in [-0.25, -0.2) is 0 Å². The number of carbonyl (C=O) groups is 1. The number of benzene rings is 2. The van der Waals surface area contributed by atoms with E-state index in [-0.39, 0.29) is 18.1 Å². The summed E-state index contributed by atoms with van der Waals surface area (Å²) in [5.74, 6) is 0.193. The number of rotatable bonds is 5. The maximum absolute atomic E-state index is 12.0. The van der Waals surface area contributed by atoms with Crippen molar-refractivity contribution in [2.45, 2.75) is 13.0 Å². The molecule has 2 aromatic rings. The van der Waals surface area contributed by atoms with Crippen LogP contribution in [0.1, 0.15) is 11.1 Å². The van der Waals surface area contributed by atoms with Crippen molar-refractivity contribution in [3.63, 3.8) is 0 Å². The van der Waals surface area contributed by atoms with Crippen LogP contribution in [0.5, 0.6) is 5.75 Å².